The van der Waals surface area contributed by atoms with Gasteiger partial charge in [0.1, 0.15) is 0 Å². The minimum Gasteiger partial charge on any atom is -0.308 e. The number of rotatable bonds is 0. The number of hydrogen-bond acceptors (Lipinski definition) is 1. The first kappa shape index (κ1) is 20.3. The number of nitrogens with zero attached hydrogens (tertiary/aromatic N) is 1. The standard InChI is InChI=1S/C37H21NS/c1-3-16-30-23(10-1)25-12-5-8-21-20-22-9-6-13-26(34(22)33(21)25)27-14-7-15-29-35-31(38(30)36(27)29)19-18-28-24-11-2-4-17-32(24)39-37(28)35/h1-19H,20H2. The molecule has 0 atom stereocenters. The van der Waals surface area contributed by atoms with E-state index in [0.717, 1.165) is 6.42 Å². The lowest BCUT2D eigenvalue weighted by atomic mass is 10.0. The molecule has 6 aromatic carbocycles. The number of hydrogen-bond donors (Lipinski definition) is 0. The van der Waals surface area contributed by atoms with Crippen molar-refractivity contribution in [1.29, 1.82) is 0 Å². The van der Waals surface area contributed by atoms with Crippen LogP contribution in [0.3, 0.4) is 0 Å². The van der Waals surface area contributed by atoms with Crippen LogP contribution in [0.5, 0.6) is 0 Å². The van der Waals surface area contributed by atoms with E-state index < -0.39 is 0 Å². The van der Waals surface area contributed by atoms with E-state index in [1.54, 1.807) is 0 Å². The van der Waals surface area contributed by atoms with Crippen molar-refractivity contribution in [2.24, 2.45) is 0 Å². The molecule has 0 saturated heterocycles. The third-order valence-electron chi connectivity index (χ3n) is 8.95. The van der Waals surface area contributed by atoms with Crippen molar-refractivity contribution < 1.29 is 0 Å². The van der Waals surface area contributed by atoms with Crippen molar-refractivity contribution in [2.75, 3.05) is 0 Å². The second-order valence-electron chi connectivity index (χ2n) is 10.8. The van der Waals surface area contributed by atoms with E-state index in [1.165, 1.54) is 90.9 Å². The third kappa shape index (κ3) is 2.42. The molecule has 0 N–H and O–H groups in total. The van der Waals surface area contributed by atoms with Crippen LogP contribution in [-0.4, -0.2) is 4.40 Å². The average Bonchev–Trinajstić information content (AvgIpc) is 3.66. The van der Waals surface area contributed by atoms with E-state index >= 15 is 0 Å². The Bertz CT molecular complexity index is 2580. The summed E-state index contributed by atoms with van der Waals surface area (Å²) in [4.78, 5) is 0. The van der Waals surface area contributed by atoms with Crippen LogP contribution in [0.4, 0.5) is 0 Å². The fourth-order valence-electron chi connectivity index (χ4n) is 7.44. The highest BCUT2D eigenvalue weighted by molar-refractivity contribution is 7.26. The Labute approximate surface area is 227 Å². The molecule has 1 nitrogen and oxygen atoms in total. The predicted molar refractivity (Wildman–Crippen MR) is 169 cm³/mol. The topological polar surface area (TPSA) is 4.41 Å². The van der Waals surface area contributed by atoms with Gasteiger partial charge in [-0.3, -0.25) is 0 Å². The van der Waals surface area contributed by atoms with Gasteiger partial charge >= 0.3 is 0 Å². The Balaban J connectivity index is 1.64. The zero-order chi connectivity index (χ0) is 25.2. The highest BCUT2D eigenvalue weighted by Gasteiger charge is 2.21. The summed E-state index contributed by atoms with van der Waals surface area (Å²) >= 11 is 1.92. The van der Waals surface area contributed by atoms with Crippen LogP contribution in [-0.2, 0) is 6.42 Å². The fourth-order valence-corrected chi connectivity index (χ4v) is 8.69. The van der Waals surface area contributed by atoms with Gasteiger partial charge < -0.3 is 4.40 Å². The summed E-state index contributed by atoms with van der Waals surface area (Å²) in [5.41, 5.74) is 6.69. The van der Waals surface area contributed by atoms with E-state index in [0.29, 0.717) is 0 Å². The van der Waals surface area contributed by atoms with Gasteiger partial charge in [-0.25, -0.2) is 0 Å². The fraction of sp³-hybridized carbons (Fsp3) is 0.0270. The molecule has 9 aromatic rings. The Hall–Kier alpha value is -4.66. The summed E-state index contributed by atoms with van der Waals surface area (Å²) in [6.45, 7) is 0. The van der Waals surface area contributed by atoms with Crippen LogP contribution in [0.2, 0.25) is 0 Å². The zero-order valence-electron chi connectivity index (χ0n) is 21.0. The van der Waals surface area contributed by atoms with Gasteiger partial charge in [0.05, 0.1) is 16.6 Å². The molecule has 0 saturated carbocycles. The van der Waals surface area contributed by atoms with Crippen LogP contribution < -0.4 is 0 Å². The van der Waals surface area contributed by atoms with Crippen molar-refractivity contribution in [3.8, 4) is 0 Å². The van der Waals surface area contributed by atoms with Crippen molar-refractivity contribution in [3.05, 3.63) is 126 Å². The monoisotopic (exact) mass is 511 g/mol. The molecule has 180 valence electrons. The Morgan fingerprint density at radius 2 is 1.08 bits per heavy atom. The minimum absolute atomic E-state index is 0.996. The molecule has 0 amide bonds. The molecule has 0 radical (unpaired) electrons. The number of para-hydroxylation sites is 2. The Morgan fingerprint density at radius 3 is 1.92 bits per heavy atom. The number of fused-ring (bicyclic) bond motifs is 11. The molecule has 3 heterocycles. The van der Waals surface area contributed by atoms with E-state index in [9.17, 15) is 0 Å². The summed E-state index contributed by atoms with van der Waals surface area (Å²) in [7, 11) is 0. The maximum absolute atomic E-state index is 2.55. The molecule has 0 aliphatic heterocycles. The van der Waals surface area contributed by atoms with Gasteiger partial charge in [0.15, 0.2) is 0 Å². The molecule has 2 heteroatoms. The largest absolute Gasteiger partial charge is 0.308 e. The highest BCUT2D eigenvalue weighted by atomic mass is 32.1. The highest BCUT2D eigenvalue weighted by Crippen LogP contribution is 2.46. The number of benzene rings is 6. The van der Waals surface area contributed by atoms with E-state index in [1.807, 2.05) is 11.3 Å². The first-order valence-electron chi connectivity index (χ1n) is 13.6. The second-order valence-corrected chi connectivity index (χ2v) is 11.9. The number of aromatic nitrogens is 1. The molecule has 0 spiro atoms. The maximum Gasteiger partial charge on any atom is 0.0620 e. The summed E-state index contributed by atoms with van der Waals surface area (Å²) in [5, 5.41) is 13.5. The minimum atomic E-state index is 0.996. The first-order valence-corrected chi connectivity index (χ1v) is 14.4. The molecule has 10 rings (SSSR count). The van der Waals surface area contributed by atoms with Crippen molar-refractivity contribution in [3.63, 3.8) is 0 Å². The van der Waals surface area contributed by atoms with Gasteiger partial charge in [0.25, 0.3) is 0 Å². The van der Waals surface area contributed by atoms with Gasteiger partial charge in [-0.05, 0) is 57.3 Å². The second kappa shape index (κ2) is 7.05. The summed E-state index contributed by atoms with van der Waals surface area (Å²) < 4.78 is 5.28. The Morgan fingerprint density at radius 1 is 0.436 bits per heavy atom. The smallest absolute Gasteiger partial charge is 0.0620 e. The zero-order valence-corrected chi connectivity index (χ0v) is 21.8. The molecule has 0 bridgehead atoms. The van der Waals surface area contributed by atoms with Crippen molar-refractivity contribution in [1.82, 2.24) is 4.40 Å². The van der Waals surface area contributed by atoms with Crippen molar-refractivity contribution in [2.45, 2.75) is 6.42 Å². The van der Waals surface area contributed by atoms with Crippen LogP contribution in [0, 0.1) is 0 Å². The molecule has 3 aromatic heterocycles. The third-order valence-corrected chi connectivity index (χ3v) is 10.2. The molecule has 1 aliphatic carbocycles. The van der Waals surface area contributed by atoms with Gasteiger partial charge in [-0.15, -0.1) is 11.3 Å². The first-order chi connectivity index (χ1) is 19.4. The molecule has 1 aliphatic rings. The van der Waals surface area contributed by atoms with Crippen LogP contribution in [0.15, 0.2) is 115 Å². The van der Waals surface area contributed by atoms with Crippen LogP contribution in [0.1, 0.15) is 11.1 Å². The quantitative estimate of drug-likeness (QED) is 0.191. The van der Waals surface area contributed by atoms with Crippen molar-refractivity contribution >= 4 is 91.1 Å². The average molecular weight is 512 g/mol. The lowest BCUT2D eigenvalue weighted by Gasteiger charge is -2.05. The van der Waals surface area contributed by atoms with Gasteiger partial charge in [0, 0.05) is 41.7 Å². The lowest BCUT2D eigenvalue weighted by molar-refractivity contribution is 1.27. The van der Waals surface area contributed by atoms with E-state index in [2.05, 4.69) is 120 Å². The molecule has 0 unspecified atom stereocenters. The molecule has 0 fully saturated rings. The van der Waals surface area contributed by atoms with Gasteiger partial charge in [-0.1, -0.05) is 97.1 Å². The van der Waals surface area contributed by atoms with Crippen LogP contribution in [0.25, 0.3) is 79.8 Å². The summed E-state index contributed by atoms with van der Waals surface area (Å²) in [6, 6.07) is 43.3. The lowest BCUT2D eigenvalue weighted by Crippen LogP contribution is -1.87. The number of thiophene rings is 1. The molecular weight excluding hydrogens is 490 g/mol. The van der Waals surface area contributed by atoms with E-state index in [-0.39, 0.29) is 0 Å². The summed E-state index contributed by atoms with van der Waals surface area (Å²) in [6.07, 6.45) is 0.996. The normalized spacial score (nSPS) is 13.0. The Kier molecular flexibility index (Phi) is 3.67. The van der Waals surface area contributed by atoms with Gasteiger partial charge in [-0.2, -0.15) is 0 Å². The van der Waals surface area contributed by atoms with E-state index in [4.69, 9.17) is 0 Å². The maximum atomic E-state index is 2.55. The summed E-state index contributed by atoms with van der Waals surface area (Å²) in [5.74, 6) is 0. The molecular formula is C37H21NS. The van der Waals surface area contributed by atoms with Gasteiger partial charge in [0.2, 0.25) is 0 Å². The van der Waals surface area contributed by atoms with Crippen LogP contribution >= 0.6 is 11.3 Å². The molecule has 39 heavy (non-hydrogen) atoms. The predicted octanol–water partition coefficient (Wildman–Crippen LogP) is 10.5. The SMILES string of the molecule is c1ccc2c(c1)sc1c2ccc2c1c1cccc3c4cccc5c4c4c(cccc4c4ccccc4n2c31)C5.